The summed E-state index contributed by atoms with van der Waals surface area (Å²) >= 11 is 0. The van der Waals surface area contributed by atoms with Crippen LogP contribution in [0.3, 0.4) is 0 Å². The Labute approximate surface area is 140 Å². The predicted octanol–water partition coefficient (Wildman–Crippen LogP) is -0.618. The maximum Gasteiger partial charge on any atom is 0.469 e. The zero-order valence-electron chi connectivity index (χ0n) is 12.9. The minimum Gasteiger partial charge on any atom is -0.371 e. The van der Waals surface area contributed by atoms with Crippen LogP contribution in [0, 0.1) is 0 Å². The number of fused-ring (bicyclic) bond motifs is 1. The molecule has 12 heteroatoms. The monoisotopic (exact) mass is 371 g/mol. The molecule has 3 rings (SSSR count). The number of carbonyl (C=O) groups is 1. The minimum absolute atomic E-state index is 0.0604. The van der Waals surface area contributed by atoms with Gasteiger partial charge in [-0.25, -0.2) is 14.5 Å². The normalized spacial score (nSPS) is 24.1. The minimum atomic E-state index is -4.75. The molecule has 2 aromatic heterocycles. The van der Waals surface area contributed by atoms with Crippen molar-refractivity contribution >= 4 is 24.6 Å². The fraction of sp³-hybridized carbons (Fsp3) is 0.385. The Morgan fingerprint density at radius 2 is 2.12 bits per heavy atom. The summed E-state index contributed by atoms with van der Waals surface area (Å²) in [4.78, 5) is 50.5. The summed E-state index contributed by atoms with van der Waals surface area (Å²) in [5.74, 6) is -0.596. The Kier molecular flexibility index (Phi) is 4.78. The summed E-state index contributed by atoms with van der Waals surface area (Å²) < 4.78 is 26.6. The van der Waals surface area contributed by atoms with Gasteiger partial charge in [-0.15, -0.1) is 0 Å². The first-order chi connectivity index (χ1) is 11.8. The van der Waals surface area contributed by atoms with E-state index in [1.54, 1.807) is 12.1 Å². The van der Waals surface area contributed by atoms with Gasteiger partial charge in [-0.05, 0) is 12.1 Å². The fourth-order valence-electron chi connectivity index (χ4n) is 2.53. The number of hydrogen-bond donors (Lipinski definition) is 2. The first-order valence-electron chi connectivity index (χ1n) is 7.06. The van der Waals surface area contributed by atoms with Crippen molar-refractivity contribution in [2.75, 3.05) is 13.7 Å². The smallest absolute Gasteiger partial charge is 0.371 e. The van der Waals surface area contributed by atoms with Gasteiger partial charge in [-0.3, -0.25) is 18.7 Å². The highest BCUT2D eigenvalue weighted by atomic mass is 31.2. The molecule has 1 saturated heterocycles. The zero-order valence-corrected chi connectivity index (χ0v) is 13.8. The van der Waals surface area contributed by atoms with Crippen molar-refractivity contribution in [1.29, 1.82) is 0 Å². The Bertz CT molecular complexity index is 910. The van der Waals surface area contributed by atoms with Crippen LogP contribution in [-0.4, -0.2) is 56.0 Å². The molecule has 0 amide bonds. The number of hydrogen-bond acceptors (Lipinski definition) is 8. The molecule has 0 aromatic carbocycles. The highest BCUT2D eigenvalue weighted by Gasteiger charge is 2.46. The molecule has 0 aliphatic carbocycles. The number of pyridine rings is 1. The molecule has 11 nitrogen and oxygen atoms in total. The molecular weight excluding hydrogens is 357 g/mol. The Morgan fingerprint density at radius 3 is 2.80 bits per heavy atom. The molecule has 0 saturated carbocycles. The molecule has 1 fully saturated rings. The topological polar surface area (TPSA) is 150 Å². The van der Waals surface area contributed by atoms with Crippen LogP contribution in [0.5, 0.6) is 0 Å². The highest BCUT2D eigenvalue weighted by Crippen LogP contribution is 2.37. The van der Waals surface area contributed by atoms with Crippen molar-refractivity contribution in [2.45, 2.75) is 18.4 Å². The van der Waals surface area contributed by atoms with E-state index in [-0.39, 0.29) is 5.52 Å². The van der Waals surface area contributed by atoms with E-state index in [0.29, 0.717) is 5.52 Å². The van der Waals surface area contributed by atoms with Crippen molar-refractivity contribution in [3.8, 4) is 0 Å². The number of phosphoric ester groups is 1. The van der Waals surface area contributed by atoms with Gasteiger partial charge in [0, 0.05) is 13.3 Å². The van der Waals surface area contributed by atoms with Gasteiger partial charge in [0.2, 0.25) is 12.0 Å². The number of ether oxygens (including phenoxy) is 2. The number of ketones is 1. The van der Waals surface area contributed by atoms with Gasteiger partial charge < -0.3 is 19.3 Å². The van der Waals surface area contributed by atoms with Gasteiger partial charge in [0.05, 0.1) is 12.1 Å². The third-order valence-corrected chi connectivity index (χ3v) is 4.11. The molecule has 1 aliphatic rings. The number of Topliss-reactive ketones (excluding diaryl/α,β-unsaturated/α-hetero) is 1. The summed E-state index contributed by atoms with van der Waals surface area (Å²) in [6, 6.07) is 3.22. The quantitative estimate of drug-likeness (QED) is 0.651. The first-order valence-corrected chi connectivity index (χ1v) is 8.59. The van der Waals surface area contributed by atoms with Crippen LogP contribution in [-0.2, 0) is 23.4 Å². The second kappa shape index (κ2) is 6.71. The number of nitrogens with zero attached hydrogens (tertiary/aromatic N) is 3. The van der Waals surface area contributed by atoms with Crippen LogP contribution < -0.4 is 5.56 Å². The number of rotatable bonds is 5. The van der Waals surface area contributed by atoms with Gasteiger partial charge >= 0.3 is 7.82 Å². The Balaban J connectivity index is 1.92. The first kappa shape index (κ1) is 17.8. The molecule has 0 spiro atoms. The third-order valence-electron chi connectivity index (χ3n) is 3.62. The SMILES string of the molecule is CO[C@H]1C(=O)[C@H](n2cnc3cccnc3c2=O)O[C@@H]1COP(=O)(O)O. The summed E-state index contributed by atoms with van der Waals surface area (Å²) in [6.07, 6.45) is -1.04. The van der Waals surface area contributed by atoms with Crippen LogP contribution in [0.15, 0.2) is 29.5 Å². The largest absolute Gasteiger partial charge is 0.469 e. The van der Waals surface area contributed by atoms with Crippen LogP contribution in [0.1, 0.15) is 6.23 Å². The predicted molar refractivity (Wildman–Crippen MR) is 81.5 cm³/mol. The summed E-state index contributed by atoms with van der Waals surface area (Å²) in [5, 5.41) is 0. The van der Waals surface area contributed by atoms with Gasteiger partial charge in [-0.2, -0.15) is 0 Å². The highest BCUT2D eigenvalue weighted by molar-refractivity contribution is 7.46. The lowest BCUT2D eigenvalue weighted by Gasteiger charge is -2.16. The Hall–Kier alpha value is -2.01. The van der Waals surface area contributed by atoms with E-state index in [1.807, 2.05) is 0 Å². The van der Waals surface area contributed by atoms with Crippen molar-refractivity contribution in [3.63, 3.8) is 0 Å². The lowest BCUT2D eigenvalue weighted by molar-refractivity contribution is -0.131. The van der Waals surface area contributed by atoms with E-state index in [2.05, 4.69) is 14.5 Å². The summed E-state index contributed by atoms with van der Waals surface area (Å²) in [5.41, 5.74) is -0.167. The van der Waals surface area contributed by atoms with E-state index in [1.165, 1.54) is 13.3 Å². The van der Waals surface area contributed by atoms with Crippen LogP contribution >= 0.6 is 7.82 Å². The van der Waals surface area contributed by atoms with Crippen LogP contribution in [0.25, 0.3) is 11.0 Å². The van der Waals surface area contributed by atoms with Gasteiger partial charge in [0.15, 0.2) is 5.52 Å². The van der Waals surface area contributed by atoms with E-state index in [9.17, 15) is 14.2 Å². The van der Waals surface area contributed by atoms with Crippen molar-refractivity contribution in [3.05, 3.63) is 35.0 Å². The number of phosphoric acid groups is 1. The van der Waals surface area contributed by atoms with Crippen LogP contribution in [0.4, 0.5) is 0 Å². The molecule has 2 N–H and O–H groups in total. The molecule has 0 radical (unpaired) electrons. The summed E-state index contributed by atoms with van der Waals surface area (Å²) in [7, 11) is -3.51. The molecule has 2 aromatic rings. The lowest BCUT2D eigenvalue weighted by Crippen LogP contribution is -2.33. The maximum atomic E-state index is 12.5. The van der Waals surface area contributed by atoms with Gasteiger partial charge in [-0.1, -0.05) is 0 Å². The summed E-state index contributed by atoms with van der Waals surface area (Å²) in [6.45, 7) is -0.584. The van der Waals surface area contributed by atoms with E-state index in [4.69, 9.17) is 19.3 Å². The zero-order chi connectivity index (χ0) is 18.2. The van der Waals surface area contributed by atoms with Crippen molar-refractivity contribution in [1.82, 2.24) is 14.5 Å². The number of methoxy groups -OCH3 is 1. The molecular formula is C13H14N3O8P. The van der Waals surface area contributed by atoms with Gasteiger partial charge in [0.1, 0.15) is 18.5 Å². The molecule has 3 heterocycles. The Morgan fingerprint density at radius 1 is 1.36 bits per heavy atom. The maximum absolute atomic E-state index is 12.5. The van der Waals surface area contributed by atoms with Gasteiger partial charge in [0.25, 0.3) is 5.56 Å². The standard InChI is InChI=1S/C13H14N3O8P/c1-22-11-8(5-23-25(19,20)21)24-13(10(11)17)16-6-15-7-3-2-4-14-9(7)12(16)18/h2-4,6,8,11,13H,5H2,1H3,(H2,19,20,21)/t8-,11-,13-/m1/s1. The average molecular weight is 371 g/mol. The molecule has 1 aliphatic heterocycles. The third kappa shape index (κ3) is 3.52. The molecule has 25 heavy (non-hydrogen) atoms. The van der Waals surface area contributed by atoms with Crippen molar-refractivity contribution in [2.24, 2.45) is 0 Å². The molecule has 0 bridgehead atoms. The average Bonchev–Trinajstić information content (AvgIpc) is 2.89. The molecule has 0 unspecified atom stereocenters. The molecule has 3 atom stereocenters. The second-order valence-electron chi connectivity index (χ2n) is 5.20. The fourth-order valence-corrected chi connectivity index (χ4v) is 2.87. The second-order valence-corrected chi connectivity index (χ2v) is 6.44. The lowest BCUT2D eigenvalue weighted by atomic mass is 10.1. The van der Waals surface area contributed by atoms with E-state index < -0.39 is 44.2 Å². The van der Waals surface area contributed by atoms with Crippen molar-refractivity contribution < 1.29 is 33.1 Å². The van der Waals surface area contributed by atoms with Crippen LogP contribution in [0.2, 0.25) is 0 Å². The number of carbonyl (C=O) groups excluding carboxylic acids is 1. The van der Waals surface area contributed by atoms with E-state index >= 15 is 0 Å². The van der Waals surface area contributed by atoms with E-state index in [0.717, 1.165) is 10.9 Å². The molecule has 134 valence electrons. The number of aromatic nitrogens is 3.